The van der Waals surface area contributed by atoms with Gasteiger partial charge in [-0.25, -0.2) is 0 Å². The van der Waals surface area contributed by atoms with Crippen LogP contribution in [0.5, 0.6) is 23.0 Å². The molecular weight excluding hydrogens is 576 g/mol. The van der Waals surface area contributed by atoms with Crippen LogP contribution in [0.25, 0.3) is 0 Å². The van der Waals surface area contributed by atoms with E-state index >= 15 is 0 Å². The number of carbonyl (C=O) groups is 2. The number of ether oxygens (including phenoxy) is 4. The first-order chi connectivity index (χ1) is 21.7. The molecule has 10 heteroatoms. The summed E-state index contributed by atoms with van der Waals surface area (Å²) < 4.78 is 21.7. The van der Waals surface area contributed by atoms with Crippen molar-refractivity contribution < 1.29 is 38.7 Å². The second-order valence-electron chi connectivity index (χ2n) is 11.3. The highest BCUT2D eigenvalue weighted by Crippen LogP contribution is 2.42. The van der Waals surface area contributed by atoms with E-state index in [0.717, 1.165) is 68.3 Å². The third-order valence-corrected chi connectivity index (χ3v) is 8.44. The van der Waals surface area contributed by atoms with Crippen LogP contribution in [0.15, 0.2) is 54.6 Å². The summed E-state index contributed by atoms with van der Waals surface area (Å²) in [5, 5.41) is 19.1. The van der Waals surface area contributed by atoms with E-state index in [4.69, 9.17) is 24.1 Å². The van der Waals surface area contributed by atoms with Gasteiger partial charge in [0.1, 0.15) is 6.10 Å². The van der Waals surface area contributed by atoms with E-state index in [1.54, 1.807) is 46.6 Å². The number of rotatable bonds is 12. The van der Waals surface area contributed by atoms with Gasteiger partial charge in [0.25, 0.3) is 0 Å². The van der Waals surface area contributed by atoms with Crippen LogP contribution in [0.3, 0.4) is 0 Å². The molecule has 0 fully saturated rings. The highest BCUT2D eigenvalue weighted by molar-refractivity contribution is 5.80. The Morgan fingerprint density at radius 1 is 0.933 bits per heavy atom. The number of likely N-dealkylation sites (N-methyl/N-ethyl adjacent to an activating group) is 1. The quantitative estimate of drug-likeness (QED) is 0.326. The standard InChI is InChI=1S/C27H36N2O5.C8H8O3/c1-28(17-21-11-20-14-25(33-4)26(34-5)16-22(20)21)8-6-9-29-10-7-18-12-23(31-2)24(32-3)13-19(18)15-27(29)30;9-7(8(10)11)6-4-2-1-3-5-6/h12-14,16,21H,6-11,15,17H2,1-5H3;1-5,7,9H,(H,10,11)/p-1/t21-;7-/m10/s1. The molecule has 0 spiro atoms. The molecule has 45 heavy (non-hydrogen) atoms. The number of amides is 1. The predicted octanol–water partition coefficient (Wildman–Crippen LogP) is 2.78. The number of carboxylic acid groups (broad SMARTS) is 1. The first-order valence-electron chi connectivity index (χ1n) is 15.1. The van der Waals surface area contributed by atoms with E-state index in [-0.39, 0.29) is 5.91 Å². The van der Waals surface area contributed by atoms with Gasteiger partial charge in [0.05, 0.1) is 40.8 Å². The van der Waals surface area contributed by atoms with Gasteiger partial charge in [-0.1, -0.05) is 30.3 Å². The number of fused-ring (bicyclic) bond motifs is 2. The highest BCUT2D eigenvalue weighted by Gasteiger charge is 2.29. The number of aliphatic hydroxyl groups is 1. The average Bonchev–Trinajstić information content (AvgIpc) is 3.20. The molecule has 5 rings (SSSR count). The third kappa shape index (κ3) is 8.26. The first-order valence-corrected chi connectivity index (χ1v) is 15.1. The van der Waals surface area contributed by atoms with Crippen LogP contribution in [0, 0.1) is 0 Å². The van der Waals surface area contributed by atoms with Crippen molar-refractivity contribution in [1.29, 1.82) is 0 Å². The lowest BCUT2D eigenvalue weighted by atomic mass is 9.77. The second kappa shape index (κ2) is 15.6. The minimum absolute atomic E-state index is 0.183. The van der Waals surface area contributed by atoms with Crippen LogP contribution < -0.4 is 24.1 Å². The van der Waals surface area contributed by atoms with Crippen LogP contribution in [0.1, 0.15) is 46.3 Å². The molecular formula is C35H43N2O8-. The molecule has 0 bridgehead atoms. The average molecular weight is 620 g/mol. The van der Waals surface area contributed by atoms with Crippen LogP contribution >= 0.6 is 0 Å². The molecule has 1 aliphatic heterocycles. The number of carboxylic acids is 1. The van der Waals surface area contributed by atoms with Crippen molar-refractivity contribution in [3.05, 3.63) is 82.4 Å². The molecule has 1 N–H and O–H groups in total. The van der Waals surface area contributed by atoms with Gasteiger partial charge in [-0.2, -0.15) is 0 Å². The van der Waals surface area contributed by atoms with Gasteiger partial charge in [0.2, 0.25) is 5.91 Å². The highest BCUT2D eigenvalue weighted by atomic mass is 16.5. The molecule has 3 aromatic carbocycles. The van der Waals surface area contributed by atoms with Crippen molar-refractivity contribution >= 4 is 11.9 Å². The Hall–Kier alpha value is -4.28. The third-order valence-electron chi connectivity index (χ3n) is 8.44. The van der Waals surface area contributed by atoms with Crippen LogP contribution in [-0.4, -0.2) is 88.4 Å². The van der Waals surface area contributed by atoms with Gasteiger partial charge in [-0.05, 0) is 84.9 Å². The normalized spacial score (nSPS) is 15.8. The molecule has 242 valence electrons. The first kappa shape index (κ1) is 33.6. The Kier molecular flexibility index (Phi) is 11.7. The lowest BCUT2D eigenvalue weighted by Crippen LogP contribution is -2.36. The molecule has 2 aliphatic rings. The van der Waals surface area contributed by atoms with E-state index in [0.29, 0.717) is 23.7 Å². The molecule has 0 radical (unpaired) electrons. The molecule has 0 saturated carbocycles. The summed E-state index contributed by atoms with van der Waals surface area (Å²) in [4.78, 5) is 27.4. The molecule has 2 atom stereocenters. The Labute approximate surface area is 265 Å². The number of benzene rings is 3. The molecule has 1 heterocycles. The summed E-state index contributed by atoms with van der Waals surface area (Å²) in [6.07, 6.45) is 1.75. The van der Waals surface area contributed by atoms with Crippen LogP contribution in [0.2, 0.25) is 0 Å². The Bertz CT molecular complexity index is 1460. The second-order valence-corrected chi connectivity index (χ2v) is 11.3. The number of methoxy groups -OCH3 is 4. The van der Waals surface area contributed by atoms with Crippen molar-refractivity contribution in [2.45, 2.75) is 37.7 Å². The monoisotopic (exact) mass is 619 g/mol. The van der Waals surface area contributed by atoms with Crippen molar-refractivity contribution in [2.75, 3.05) is 61.7 Å². The van der Waals surface area contributed by atoms with E-state index in [1.165, 1.54) is 28.8 Å². The molecule has 0 unspecified atom stereocenters. The van der Waals surface area contributed by atoms with Gasteiger partial charge in [-0.3, -0.25) is 4.79 Å². The van der Waals surface area contributed by atoms with Crippen LogP contribution in [0.4, 0.5) is 0 Å². The molecule has 1 aliphatic carbocycles. The van der Waals surface area contributed by atoms with E-state index in [9.17, 15) is 14.7 Å². The molecule has 10 nitrogen and oxygen atoms in total. The van der Waals surface area contributed by atoms with Gasteiger partial charge < -0.3 is 43.8 Å². The molecule has 0 aromatic heterocycles. The van der Waals surface area contributed by atoms with Gasteiger partial charge >= 0.3 is 0 Å². The van der Waals surface area contributed by atoms with Crippen molar-refractivity contribution in [3.8, 4) is 23.0 Å². The van der Waals surface area contributed by atoms with Gasteiger partial charge in [0, 0.05) is 25.6 Å². The minimum Gasteiger partial charge on any atom is -0.547 e. The fourth-order valence-corrected chi connectivity index (χ4v) is 5.92. The molecule has 3 aromatic rings. The van der Waals surface area contributed by atoms with Crippen molar-refractivity contribution in [1.82, 2.24) is 9.80 Å². The lowest BCUT2D eigenvalue weighted by molar-refractivity contribution is -0.315. The molecule has 0 saturated heterocycles. The van der Waals surface area contributed by atoms with Gasteiger partial charge in [-0.15, -0.1) is 0 Å². The van der Waals surface area contributed by atoms with E-state index < -0.39 is 12.1 Å². The van der Waals surface area contributed by atoms with Crippen molar-refractivity contribution in [3.63, 3.8) is 0 Å². The maximum absolute atomic E-state index is 12.9. The summed E-state index contributed by atoms with van der Waals surface area (Å²) in [5.41, 5.74) is 5.25. The number of hydrogen-bond donors (Lipinski definition) is 1. The van der Waals surface area contributed by atoms with Crippen LogP contribution in [-0.2, 0) is 28.9 Å². The lowest BCUT2D eigenvalue weighted by Gasteiger charge is -2.34. The number of aliphatic hydroxyl groups excluding tert-OH is 1. The summed E-state index contributed by atoms with van der Waals surface area (Å²) in [7, 11) is 8.79. The largest absolute Gasteiger partial charge is 0.547 e. The smallest absolute Gasteiger partial charge is 0.227 e. The van der Waals surface area contributed by atoms with E-state index in [2.05, 4.69) is 24.1 Å². The number of carbonyl (C=O) groups excluding carboxylic acids is 2. The zero-order chi connectivity index (χ0) is 32.5. The number of aliphatic carboxylic acids is 1. The maximum atomic E-state index is 12.9. The SMILES string of the molecule is COc1cc2c(cc1OC)CC(=O)N(CCCN(C)C[C@H]1Cc3cc(OC)c(OC)cc31)CC2.O=C([O-])[C@@H](O)c1ccccc1. The fraction of sp³-hybridized carbons (Fsp3) is 0.429. The fourth-order valence-electron chi connectivity index (χ4n) is 5.92. The summed E-state index contributed by atoms with van der Waals surface area (Å²) >= 11 is 0. The predicted molar refractivity (Wildman–Crippen MR) is 168 cm³/mol. The maximum Gasteiger partial charge on any atom is 0.227 e. The zero-order valence-corrected chi connectivity index (χ0v) is 26.7. The Morgan fingerprint density at radius 2 is 1.51 bits per heavy atom. The van der Waals surface area contributed by atoms with Crippen molar-refractivity contribution in [2.24, 2.45) is 0 Å². The summed E-state index contributed by atoms with van der Waals surface area (Å²) in [6.45, 7) is 3.47. The minimum atomic E-state index is -1.52. The number of nitrogens with zero attached hydrogens (tertiary/aromatic N) is 2. The van der Waals surface area contributed by atoms with E-state index in [1.807, 2.05) is 17.0 Å². The Balaban J connectivity index is 0.000000354. The van der Waals surface area contributed by atoms with Gasteiger partial charge in [0.15, 0.2) is 23.0 Å². The topological polar surface area (TPSA) is 121 Å². The summed E-state index contributed by atoms with van der Waals surface area (Å²) in [5.74, 6) is 2.21. The molecule has 1 amide bonds. The Morgan fingerprint density at radius 3 is 2.11 bits per heavy atom. The number of hydrogen-bond acceptors (Lipinski definition) is 9. The zero-order valence-electron chi connectivity index (χ0n) is 26.7. The summed E-state index contributed by atoms with van der Waals surface area (Å²) in [6, 6.07) is 16.3.